The average Bonchev–Trinajstić information content (AvgIpc) is 2.83. The third-order valence-corrected chi connectivity index (χ3v) is 4.04. The van der Waals surface area contributed by atoms with Gasteiger partial charge in [0, 0.05) is 17.1 Å². The Hall–Kier alpha value is -1.40. The van der Waals surface area contributed by atoms with Crippen molar-refractivity contribution in [3.8, 4) is 0 Å². The van der Waals surface area contributed by atoms with Crippen LogP contribution in [-0.4, -0.2) is 28.0 Å². The molecule has 1 amide bonds. The minimum absolute atomic E-state index is 0.0146. The van der Waals surface area contributed by atoms with E-state index in [1.54, 1.807) is 0 Å². The number of rotatable bonds is 4. The molecule has 2 heterocycles. The van der Waals surface area contributed by atoms with Gasteiger partial charge in [-0.1, -0.05) is 6.92 Å². The van der Waals surface area contributed by atoms with Crippen LogP contribution in [0.1, 0.15) is 76.3 Å². The van der Waals surface area contributed by atoms with Gasteiger partial charge in [-0.3, -0.25) is 4.79 Å². The van der Waals surface area contributed by atoms with Crippen LogP contribution < -0.4 is 16.4 Å². The first kappa shape index (κ1) is 17.0. The third kappa shape index (κ3) is 4.08. The zero-order valence-electron chi connectivity index (χ0n) is 14.2. The van der Waals surface area contributed by atoms with Crippen molar-refractivity contribution in [3.63, 3.8) is 0 Å². The van der Waals surface area contributed by atoms with E-state index in [-0.39, 0.29) is 29.1 Å². The number of piperidine rings is 1. The van der Waals surface area contributed by atoms with Crippen LogP contribution >= 0.6 is 0 Å². The number of nitrogens with two attached hydrogens (primary N) is 1. The molecule has 1 aromatic rings. The van der Waals surface area contributed by atoms with Gasteiger partial charge in [0.2, 0.25) is 5.89 Å². The largest absolute Gasteiger partial charge is 0.446 e. The fourth-order valence-corrected chi connectivity index (χ4v) is 3.42. The van der Waals surface area contributed by atoms with Crippen molar-refractivity contribution < 1.29 is 9.21 Å². The van der Waals surface area contributed by atoms with Gasteiger partial charge in [0.25, 0.3) is 5.91 Å². The van der Waals surface area contributed by atoms with E-state index in [2.05, 4.69) is 43.3 Å². The number of hydrogen-bond donors (Lipinski definition) is 3. The van der Waals surface area contributed by atoms with E-state index in [4.69, 9.17) is 10.2 Å². The van der Waals surface area contributed by atoms with Gasteiger partial charge >= 0.3 is 0 Å². The lowest BCUT2D eigenvalue weighted by Gasteiger charge is -2.46. The van der Waals surface area contributed by atoms with Crippen molar-refractivity contribution in [2.45, 2.75) is 77.0 Å². The molecular formula is C16H28N4O2. The second-order valence-corrected chi connectivity index (χ2v) is 7.56. The van der Waals surface area contributed by atoms with Crippen LogP contribution in [-0.2, 0) is 0 Å². The van der Waals surface area contributed by atoms with Crippen LogP contribution in [0.4, 0.5) is 0 Å². The SMILES string of the molecule is CCC(N)c1nc(C(=O)NC2CC(C)(C)NC(C)(C)C2)co1. The number of hydrogen-bond acceptors (Lipinski definition) is 5. The lowest BCUT2D eigenvalue weighted by atomic mass is 9.79. The Bertz CT molecular complexity index is 520. The zero-order chi connectivity index (χ0) is 16.5. The van der Waals surface area contributed by atoms with Gasteiger partial charge in [-0.15, -0.1) is 0 Å². The van der Waals surface area contributed by atoms with Crippen LogP contribution in [0, 0.1) is 0 Å². The minimum Gasteiger partial charge on any atom is -0.446 e. The molecule has 1 unspecified atom stereocenters. The summed E-state index contributed by atoms with van der Waals surface area (Å²) in [5.41, 5.74) is 6.14. The van der Waals surface area contributed by atoms with Crippen LogP contribution in [0.2, 0.25) is 0 Å². The standard InChI is InChI=1S/C16H28N4O2/c1-6-11(17)14-19-12(9-22-14)13(21)18-10-7-15(2,3)20-16(4,5)8-10/h9-11,20H,6-8,17H2,1-5H3,(H,18,21). The molecule has 0 bridgehead atoms. The normalized spacial score (nSPS) is 22.3. The summed E-state index contributed by atoms with van der Waals surface area (Å²) >= 11 is 0. The lowest BCUT2D eigenvalue weighted by Crippen LogP contribution is -2.62. The Kier molecular flexibility index (Phi) is 4.63. The summed E-state index contributed by atoms with van der Waals surface area (Å²) in [4.78, 5) is 16.6. The monoisotopic (exact) mass is 308 g/mol. The molecule has 22 heavy (non-hydrogen) atoms. The Morgan fingerprint density at radius 1 is 1.45 bits per heavy atom. The smallest absolute Gasteiger partial charge is 0.273 e. The molecule has 2 rings (SSSR count). The summed E-state index contributed by atoms with van der Waals surface area (Å²) < 4.78 is 5.30. The first-order valence-electron chi connectivity index (χ1n) is 7.93. The number of oxazole rings is 1. The Balaban J connectivity index is 2.04. The van der Waals surface area contributed by atoms with E-state index in [9.17, 15) is 4.79 Å². The highest BCUT2D eigenvalue weighted by Gasteiger charge is 2.38. The van der Waals surface area contributed by atoms with Crippen LogP contribution in [0.25, 0.3) is 0 Å². The van der Waals surface area contributed by atoms with Gasteiger partial charge < -0.3 is 20.8 Å². The van der Waals surface area contributed by atoms with Crippen molar-refractivity contribution in [1.29, 1.82) is 0 Å². The molecule has 0 radical (unpaired) electrons. The van der Waals surface area contributed by atoms with Crippen molar-refractivity contribution in [2.75, 3.05) is 0 Å². The van der Waals surface area contributed by atoms with E-state index >= 15 is 0 Å². The summed E-state index contributed by atoms with van der Waals surface area (Å²) in [5, 5.41) is 6.67. The summed E-state index contributed by atoms with van der Waals surface area (Å²) in [6, 6.07) is -0.156. The van der Waals surface area contributed by atoms with Crippen LogP contribution in [0.3, 0.4) is 0 Å². The molecule has 4 N–H and O–H groups in total. The summed E-state index contributed by atoms with van der Waals surface area (Å²) in [6.07, 6.45) is 3.86. The molecular weight excluding hydrogens is 280 g/mol. The molecule has 6 nitrogen and oxygen atoms in total. The van der Waals surface area contributed by atoms with Gasteiger partial charge in [0.1, 0.15) is 6.26 Å². The summed E-state index contributed by atoms with van der Waals surface area (Å²) in [6.45, 7) is 10.6. The Labute approximate surface area is 132 Å². The number of nitrogens with zero attached hydrogens (tertiary/aromatic N) is 1. The van der Waals surface area contributed by atoms with Gasteiger partial charge in [-0.25, -0.2) is 4.98 Å². The molecule has 0 aromatic carbocycles. The number of amides is 1. The molecule has 6 heteroatoms. The fourth-order valence-electron chi connectivity index (χ4n) is 3.42. The highest BCUT2D eigenvalue weighted by atomic mass is 16.3. The minimum atomic E-state index is -0.265. The molecule has 1 aromatic heterocycles. The highest BCUT2D eigenvalue weighted by Crippen LogP contribution is 2.28. The van der Waals surface area contributed by atoms with E-state index in [0.717, 1.165) is 19.3 Å². The maximum absolute atomic E-state index is 12.4. The van der Waals surface area contributed by atoms with Crippen LogP contribution in [0.15, 0.2) is 10.7 Å². The molecule has 0 spiro atoms. The van der Waals surface area contributed by atoms with E-state index in [1.807, 2.05) is 6.92 Å². The average molecular weight is 308 g/mol. The molecule has 1 aliphatic heterocycles. The van der Waals surface area contributed by atoms with Gasteiger partial charge in [0.05, 0.1) is 6.04 Å². The predicted molar refractivity (Wildman–Crippen MR) is 85.5 cm³/mol. The molecule has 0 saturated carbocycles. The van der Waals surface area contributed by atoms with Gasteiger partial charge in [-0.05, 0) is 47.0 Å². The zero-order valence-corrected chi connectivity index (χ0v) is 14.2. The molecule has 124 valence electrons. The second-order valence-electron chi connectivity index (χ2n) is 7.56. The maximum atomic E-state index is 12.4. The Morgan fingerprint density at radius 2 is 2.05 bits per heavy atom. The molecule has 1 fully saturated rings. The van der Waals surface area contributed by atoms with Gasteiger partial charge in [0.15, 0.2) is 5.69 Å². The van der Waals surface area contributed by atoms with E-state index < -0.39 is 0 Å². The molecule has 0 aliphatic carbocycles. The van der Waals surface area contributed by atoms with E-state index in [1.165, 1.54) is 6.26 Å². The van der Waals surface area contributed by atoms with Gasteiger partial charge in [-0.2, -0.15) is 0 Å². The molecule has 1 aliphatic rings. The van der Waals surface area contributed by atoms with Crippen molar-refractivity contribution in [2.24, 2.45) is 5.73 Å². The first-order chi connectivity index (χ1) is 10.1. The number of carbonyl (C=O) groups is 1. The number of aromatic nitrogens is 1. The number of nitrogens with one attached hydrogen (secondary N) is 2. The van der Waals surface area contributed by atoms with E-state index in [0.29, 0.717) is 11.6 Å². The maximum Gasteiger partial charge on any atom is 0.273 e. The van der Waals surface area contributed by atoms with Crippen molar-refractivity contribution in [3.05, 3.63) is 17.8 Å². The third-order valence-electron chi connectivity index (χ3n) is 4.04. The fraction of sp³-hybridized carbons (Fsp3) is 0.750. The topological polar surface area (TPSA) is 93.2 Å². The van der Waals surface area contributed by atoms with Crippen LogP contribution in [0.5, 0.6) is 0 Å². The lowest BCUT2D eigenvalue weighted by molar-refractivity contribution is 0.0868. The quantitative estimate of drug-likeness (QED) is 0.792. The molecule has 1 atom stereocenters. The molecule has 1 saturated heterocycles. The Morgan fingerprint density at radius 3 is 2.59 bits per heavy atom. The van der Waals surface area contributed by atoms with Crippen molar-refractivity contribution in [1.82, 2.24) is 15.6 Å². The summed E-state index contributed by atoms with van der Waals surface area (Å²) in [7, 11) is 0. The summed E-state index contributed by atoms with van der Waals surface area (Å²) in [5.74, 6) is 0.218. The van der Waals surface area contributed by atoms with Crippen molar-refractivity contribution >= 4 is 5.91 Å². The number of carbonyl (C=O) groups excluding carboxylic acids is 1. The first-order valence-corrected chi connectivity index (χ1v) is 7.93. The predicted octanol–water partition coefficient (Wildman–Crippen LogP) is 2.12. The highest BCUT2D eigenvalue weighted by molar-refractivity contribution is 5.92. The second kappa shape index (κ2) is 6.01.